The maximum absolute atomic E-state index is 12.8. The first kappa shape index (κ1) is 18.7. The number of carbonyl (C=O) groups is 1. The summed E-state index contributed by atoms with van der Waals surface area (Å²) in [5, 5.41) is 13.5. The van der Waals surface area contributed by atoms with Crippen LogP contribution in [0.1, 0.15) is 13.3 Å². The van der Waals surface area contributed by atoms with E-state index in [0.29, 0.717) is 0 Å². The van der Waals surface area contributed by atoms with Crippen molar-refractivity contribution in [2.24, 2.45) is 5.10 Å². The van der Waals surface area contributed by atoms with Gasteiger partial charge in [0.2, 0.25) is 0 Å². The van der Waals surface area contributed by atoms with E-state index in [4.69, 9.17) is 11.6 Å². The number of hydrogen-bond acceptors (Lipinski definition) is 6. The molecule has 23 heavy (non-hydrogen) atoms. The molecule has 0 aliphatic rings. The number of nitro groups is 1. The highest BCUT2D eigenvalue weighted by atomic mass is 35.5. The zero-order valence-electron chi connectivity index (χ0n) is 11.7. The molecule has 0 bridgehead atoms. The van der Waals surface area contributed by atoms with Gasteiger partial charge in [0, 0.05) is 12.1 Å². The van der Waals surface area contributed by atoms with Crippen LogP contribution >= 0.6 is 11.6 Å². The molecule has 0 aliphatic carbocycles. The number of nitrogens with one attached hydrogen (secondary N) is 1. The molecule has 0 unspecified atom stereocenters. The van der Waals surface area contributed by atoms with Crippen molar-refractivity contribution in [3.05, 3.63) is 33.3 Å². The Balaban J connectivity index is 2.97. The SMILES string of the molecule is CCOC(=O)CC(=NNc1ccc([N+](=O)[O-])cc1Cl)C(F)(F)F. The maximum Gasteiger partial charge on any atom is 0.431 e. The van der Waals surface area contributed by atoms with Crippen molar-refractivity contribution in [2.45, 2.75) is 19.5 Å². The number of non-ortho nitro benzene ring substituents is 1. The van der Waals surface area contributed by atoms with Gasteiger partial charge < -0.3 is 4.74 Å². The number of esters is 1. The van der Waals surface area contributed by atoms with E-state index >= 15 is 0 Å². The summed E-state index contributed by atoms with van der Waals surface area (Å²) in [5.74, 6) is -1.08. The van der Waals surface area contributed by atoms with Crippen molar-refractivity contribution in [2.75, 3.05) is 12.0 Å². The first-order valence-corrected chi connectivity index (χ1v) is 6.52. The Bertz CT molecular complexity index is 634. The van der Waals surface area contributed by atoms with Crippen molar-refractivity contribution >= 4 is 34.7 Å². The first-order valence-electron chi connectivity index (χ1n) is 6.14. The van der Waals surface area contributed by atoms with E-state index in [0.717, 1.165) is 18.2 Å². The largest absolute Gasteiger partial charge is 0.466 e. The van der Waals surface area contributed by atoms with Crippen molar-refractivity contribution in [3.63, 3.8) is 0 Å². The highest BCUT2D eigenvalue weighted by Gasteiger charge is 2.37. The number of halogens is 4. The standard InChI is InChI=1S/C12H11ClF3N3O4/c1-2-23-11(20)6-10(12(14,15)16)18-17-9-4-3-7(19(21)22)5-8(9)13/h3-5,17H,2,6H2,1H3. The van der Waals surface area contributed by atoms with E-state index < -0.39 is 29.2 Å². The van der Waals surface area contributed by atoms with Crippen LogP contribution in [-0.2, 0) is 9.53 Å². The number of hydrogen-bond donors (Lipinski definition) is 1. The zero-order valence-corrected chi connectivity index (χ0v) is 12.4. The Hall–Kier alpha value is -2.36. The number of carbonyl (C=O) groups excluding carboxylic acids is 1. The minimum absolute atomic E-state index is 0.0639. The van der Waals surface area contributed by atoms with Gasteiger partial charge in [0.1, 0.15) is 0 Å². The molecule has 126 valence electrons. The molecule has 0 aliphatic heterocycles. The van der Waals surface area contributed by atoms with Crippen LogP contribution in [0, 0.1) is 10.1 Å². The van der Waals surface area contributed by atoms with Crippen LogP contribution in [0.2, 0.25) is 5.02 Å². The number of alkyl halides is 3. The van der Waals surface area contributed by atoms with Crippen molar-refractivity contribution in [3.8, 4) is 0 Å². The van der Waals surface area contributed by atoms with Crippen LogP contribution in [0.5, 0.6) is 0 Å². The van der Waals surface area contributed by atoms with E-state index in [1.54, 1.807) is 0 Å². The van der Waals surface area contributed by atoms with E-state index in [-0.39, 0.29) is 23.0 Å². The van der Waals surface area contributed by atoms with Gasteiger partial charge in [0.05, 0.1) is 28.7 Å². The smallest absolute Gasteiger partial charge is 0.431 e. The molecule has 7 nitrogen and oxygen atoms in total. The fraction of sp³-hybridized carbons (Fsp3) is 0.333. The molecule has 0 atom stereocenters. The fourth-order valence-electron chi connectivity index (χ4n) is 1.39. The molecule has 0 fully saturated rings. The number of nitro benzene ring substituents is 1. The monoisotopic (exact) mass is 353 g/mol. The highest BCUT2D eigenvalue weighted by molar-refractivity contribution is 6.33. The molecule has 0 aromatic heterocycles. The lowest BCUT2D eigenvalue weighted by molar-refractivity contribution is -0.384. The fourth-order valence-corrected chi connectivity index (χ4v) is 1.60. The summed E-state index contributed by atoms with van der Waals surface area (Å²) in [6.07, 6.45) is -5.93. The number of nitrogens with zero attached hydrogens (tertiary/aromatic N) is 2. The molecule has 1 aromatic rings. The molecule has 0 spiro atoms. The Labute approximate surface area is 133 Å². The van der Waals surface area contributed by atoms with Crippen molar-refractivity contribution in [1.82, 2.24) is 0 Å². The average Bonchev–Trinajstić information content (AvgIpc) is 2.43. The first-order chi connectivity index (χ1) is 10.6. The molecule has 1 aromatic carbocycles. The summed E-state index contributed by atoms with van der Waals surface area (Å²) in [4.78, 5) is 21.0. The molecular weight excluding hydrogens is 343 g/mol. The number of hydrazone groups is 1. The van der Waals surface area contributed by atoms with Crippen molar-refractivity contribution in [1.29, 1.82) is 0 Å². The van der Waals surface area contributed by atoms with Gasteiger partial charge in [-0.3, -0.25) is 20.3 Å². The Morgan fingerprint density at radius 1 is 1.48 bits per heavy atom. The molecule has 0 amide bonds. The van der Waals surface area contributed by atoms with Gasteiger partial charge in [-0.25, -0.2) is 0 Å². The summed E-state index contributed by atoms with van der Waals surface area (Å²) in [6.45, 7) is 1.39. The molecule has 1 rings (SSSR count). The third-order valence-corrected chi connectivity index (χ3v) is 2.73. The molecule has 1 N–H and O–H groups in total. The second-order valence-corrected chi connectivity index (χ2v) is 4.48. The predicted octanol–water partition coefficient (Wildman–Crippen LogP) is 3.53. The van der Waals surface area contributed by atoms with Crippen LogP contribution in [0.25, 0.3) is 0 Å². The second kappa shape index (κ2) is 7.77. The summed E-state index contributed by atoms with van der Waals surface area (Å²) in [5.41, 5.74) is 0.220. The number of anilines is 1. The Morgan fingerprint density at radius 3 is 2.61 bits per heavy atom. The number of rotatable bonds is 6. The Kier molecular flexibility index (Phi) is 6.31. The van der Waals surface area contributed by atoms with E-state index in [1.807, 2.05) is 5.43 Å². The maximum atomic E-state index is 12.8. The Morgan fingerprint density at radius 2 is 2.13 bits per heavy atom. The van der Waals surface area contributed by atoms with E-state index in [2.05, 4.69) is 9.84 Å². The van der Waals surface area contributed by atoms with Gasteiger partial charge >= 0.3 is 12.1 Å². The topological polar surface area (TPSA) is 93.8 Å². The van der Waals surface area contributed by atoms with Crippen LogP contribution < -0.4 is 5.43 Å². The summed E-state index contributed by atoms with van der Waals surface area (Å²) in [6, 6.07) is 3.10. The van der Waals surface area contributed by atoms with Crippen LogP contribution in [0.3, 0.4) is 0 Å². The molecular formula is C12H11ClF3N3O4. The van der Waals surface area contributed by atoms with Gasteiger partial charge in [0.15, 0.2) is 5.71 Å². The lowest BCUT2D eigenvalue weighted by atomic mass is 10.2. The predicted molar refractivity (Wildman–Crippen MR) is 76.5 cm³/mol. The van der Waals surface area contributed by atoms with Crippen LogP contribution in [0.15, 0.2) is 23.3 Å². The van der Waals surface area contributed by atoms with Crippen LogP contribution in [-0.4, -0.2) is 29.4 Å². The summed E-state index contributed by atoms with van der Waals surface area (Å²) < 4.78 is 42.8. The quantitative estimate of drug-likeness (QED) is 0.365. The van der Waals surface area contributed by atoms with Gasteiger partial charge in [0.25, 0.3) is 5.69 Å². The molecule has 0 heterocycles. The molecule has 0 saturated heterocycles. The number of benzene rings is 1. The van der Waals surface area contributed by atoms with Gasteiger partial charge in [-0.05, 0) is 13.0 Å². The molecule has 11 heteroatoms. The average molecular weight is 354 g/mol. The van der Waals surface area contributed by atoms with Gasteiger partial charge in [-0.1, -0.05) is 11.6 Å². The lowest BCUT2D eigenvalue weighted by Gasteiger charge is -2.11. The van der Waals surface area contributed by atoms with Crippen molar-refractivity contribution < 1.29 is 27.6 Å². The molecule has 0 radical (unpaired) electrons. The summed E-state index contributed by atoms with van der Waals surface area (Å²) in [7, 11) is 0. The number of ether oxygens (including phenoxy) is 1. The normalized spacial score (nSPS) is 12.0. The van der Waals surface area contributed by atoms with Crippen LogP contribution in [0.4, 0.5) is 24.5 Å². The second-order valence-electron chi connectivity index (χ2n) is 4.07. The third kappa shape index (κ3) is 5.74. The lowest BCUT2D eigenvalue weighted by Crippen LogP contribution is -2.27. The van der Waals surface area contributed by atoms with E-state index in [9.17, 15) is 28.1 Å². The zero-order chi connectivity index (χ0) is 17.6. The highest BCUT2D eigenvalue weighted by Crippen LogP contribution is 2.27. The minimum atomic E-state index is -4.85. The van der Waals surface area contributed by atoms with E-state index in [1.165, 1.54) is 6.92 Å². The summed E-state index contributed by atoms with van der Waals surface area (Å²) >= 11 is 5.72. The van der Waals surface area contributed by atoms with Gasteiger partial charge in [-0.15, -0.1) is 0 Å². The molecule has 0 saturated carbocycles. The van der Waals surface area contributed by atoms with Gasteiger partial charge in [-0.2, -0.15) is 18.3 Å². The third-order valence-electron chi connectivity index (χ3n) is 2.42. The minimum Gasteiger partial charge on any atom is -0.466 e.